The smallest absolute Gasteiger partial charge is 0.0916 e. The minimum atomic E-state index is -0.845. The summed E-state index contributed by atoms with van der Waals surface area (Å²) >= 11 is 0. The molecule has 1 aliphatic rings. The highest BCUT2D eigenvalue weighted by atomic mass is 16.5. The summed E-state index contributed by atoms with van der Waals surface area (Å²) in [5, 5.41) is 22.0. The zero-order valence-corrected chi connectivity index (χ0v) is 11.1. The first-order chi connectivity index (χ1) is 7.13. The molecule has 0 saturated carbocycles. The fraction of sp³-hybridized carbons (Fsp3) is 1.00. The molecule has 4 heteroatoms. The number of hydroxylamine groups is 2. The van der Waals surface area contributed by atoms with Crippen LogP contribution in [0, 0.1) is 0 Å². The number of hydrogen-bond acceptors (Lipinski definition) is 4. The van der Waals surface area contributed by atoms with E-state index in [9.17, 15) is 10.3 Å². The molecule has 2 N–H and O–H groups in total. The third-order valence-corrected chi connectivity index (χ3v) is 3.24. The Labute approximate surface area is 98.2 Å². The first-order valence-electron chi connectivity index (χ1n) is 5.92. The Bertz CT molecular complexity index is 233. The standard InChI is InChI=1S/C12H25NO3/c1-6-16-9-12(14)7-10(2,3)13(15)11(4,5)8-12/h14-15H,6-9H2,1-5H3. The molecule has 0 atom stereocenters. The molecule has 0 amide bonds. The van der Waals surface area contributed by atoms with Crippen molar-refractivity contribution in [3.05, 3.63) is 0 Å². The van der Waals surface area contributed by atoms with E-state index in [1.807, 2.05) is 34.6 Å². The second-order valence-electron chi connectivity index (χ2n) is 6.15. The van der Waals surface area contributed by atoms with Crippen LogP contribution in [0.5, 0.6) is 0 Å². The van der Waals surface area contributed by atoms with Crippen LogP contribution in [-0.2, 0) is 4.74 Å². The van der Waals surface area contributed by atoms with E-state index in [1.54, 1.807) is 0 Å². The van der Waals surface area contributed by atoms with E-state index < -0.39 is 16.7 Å². The molecule has 1 rings (SSSR count). The molecule has 0 unspecified atom stereocenters. The average molecular weight is 231 g/mol. The van der Waals surface area contributed by atoms with Crippen LogP contribution in [0.3, 0.4) is 0 Å². The van der Waals surface area contributed by atoms with Crippen molar-refractivity contribution >= 4 is 0 Å². The largest absolute Gasteiger partial charge is 0.387 e. The fourth-order valence-electron chi connectivity index (χ4n) is 3.04. The van der Waals surface area contributed by atoms with Gasteiger partial charge in [0, 0.05) is 17.7 Å². The van der Waals surface area contributed by atoms with Crippen LogP contribution >= 0.6 is 0 Å². The Morgan fingerprint density at radius 3 is 1.94 bits per heavy atom. The molecule has 0 aromatic rings. The van der Waals surface area contributed by atoms with Crippen LogP contribution in [-0.4, -0.2) is 45.3 Å². The van der Waals surface area contributed by atoms with Crippen LogP contribution in [0.25, 0.3) is 0 Å². The van der Waals surface area contributed by atoms with E-state index in [0.29, 0.717) is 26.1 Å². The summed E-state index contributed by atoms with van der Waals surface area (Å²) < 4.78 is 5.35. The Kier molecular flexibility index (Phi) is 3.70. The summed E-state index contributed by atoms with van der Waals surface area (Å²) in [5.74, 6) is 0. The van der Waals surface area contributed by atoms with Gasteiger partial charge in [-0.1, -0.05) is 0 Å². The molecule has 0 radical (unpaired) electrons. The molecule has 96 valence electrons. The van der Waals surface area contributed by atoms with Crippen LogP contribution in [0.1, 0.15) is 47.5 Å². The van der Waals surface area contributed by atoms with E-state index >= 15 is 0 Å². The lowest BCUT2D eigenvalue weighted by Gasteiger charge is -2.54. The highest BCUT2D eigenvalue weighted by molar-refractivity contribution is 5.03. The quantitative estimate of drug-likeness (QED) is 0.777. The van der Waals surface area contributed by atoms with Gasteiger partial charge in [-0.05, 0) is 47.5 Å². The van der Waals surface area contributed by atoms with Crippen molar-refractivity contribution in [1.29, 1.82) is 0 Å². The molecule has 1 heterocycles. The molecule has 0 bridgehead atoms. The Balaban J connectivity index is 2.85. The highest BCUT2D eigenvalue weighted by Gasteiger charge is 2.51. The molecule has 4 nitrogen and oxygen atoms in total. The minimum Gasteiger partial charge on any atom is -0.387 e. The maximum atomic E-state index is 10.5. The molecule has 1 saturated heterocycles. The monoisotopic (exact) mass is 231 g/mol. The SMILES string of the molecule is CCOCC1(O)CC(C)(C)N(O)C(C)(C)C1. The van der Waals surface area contributed by atoms with Crippen molar-refractivity contribution in [2.75, 3.05) is 13.2 Å². The predicted octanol–water partition coefficient (Wildman–Crippen LogP) is 1.80. The maximum absolute atomic E-state index is 10.5. The second-order valence-corrected chi connectivity index (χ2v) is 6.15. The Hall–Kier alpha value is -0.160. The summed E-state index contributed by atoms with van der Waals surface area (Å²) in [6.07, 6.45) is 1.03. The van der Waals surface area contributed by atoms with Gasteiger partial charge < -0.3 is 15.1 Å². The van der Waals surface area contributed by atoms with Crippen molar-refractivity contribution in [1.82, 2.24) is 5.06 Å². The van der Waals surface area contributed by atoms with Gasteiger partial charge in [-0.15, -0.1) is 0 Å². The second kappa shape index (κ2) is 4.26. The van der Waals surface area contributed by atoms with Crippen LogP contribution < -0.4 is 0 Å². The first-order valence-corrected chi connectivity index (χ1v) is 5.92. The normalized spacial score (nSPS) is 27.9. The van der Waals surface area contributed by atoms with Crippen molar-refractivity contribution < 1.29 is 15.1 Å². The molecule has 1 aliphatic heterocycles. The van der Waals surface area contributed by atoms with Gasteiger partial charge in [0.2, 0.25) is 0 Å². The zero-order chi connectivity index (χ0) is 12.6. The molecule has 0 aliphatic carbocycles. The lowest BCUT2D eigenvalue weighted by molar-refractivity contribution is -0.280. The number of rotatable bonds is 3. The van der Waals surface area contributed by atoms with E-state index in [2.05, 4.69) is 0 Å². The lowest BCUT2D eigenvalue weighted by atomic mass is 9.73. The molecule has 0 spiro atoms. The first kappa shape index (κ1) is 13.9. The van der Waals surface area contributed by atoms with Crippen molar-refractivity contribution in [2.24, 2.45) is 0 Å². The van der Waals surface area contributed by atoms with Crippen molar-refractivity contribution in [2.45, 2.75) is 64.1 Å². The van der Waals surface area contributed by atoms with E-state index in [0.717, 1.165) is 0 Å². The predicted molar refractivity (Wildman–Crippen MR) is 62.5 cm³/mol. The van der Waals surface area contributed by atoms with Gasteiger partial charge in [-0.2, -0.15) is 5.06 Å². The van der Waals surface area contributed by atoms with Gasteiger partial charge in [0.25, 0.3) is 0 Å². The molecular weight excluding hydrogens is 206 g/mol. The number of nitrogens with zero attached hydrogens (tertiary/aromatic N) is 1. The van der Waals surface area contributed by atoms with E-state index in [-0.39, 0.29) is 0 Å². The molecule has 16 heavy (non-hydrogen) atoms. The fourth-order valence-corrected chi connectivity index (χ4v) is 3.04. The van der Waals surface area contributed by atoms with E-state index in [4.69, 9.17) is 4.74 Å². The van der Waals surface area contributed by atoms with Crippen LogP contribution in [0.4, 0.5) is 0 Å². The van der Waals surface area contributed by atoms with Gasteiger partial charge in [0.1, 0.15) is 0 Å². The lowest BCUT2D eigenvalue weighted by Crippen LogP contribution is -2.65. The third-order valence-electron chi connectivity index (χ3n) is 3.24. The molecular formula is C12H25NO3. The van der Waals surface area contributed by atoms with Gasteiger partial charge in [0.15, 0.2) is 0 Å². The minimum absolute atomic E-state index is 0.337. The Morgan fingerprint density at radius 1 is 1.12 bits per heavy atom. The molecule has 0 aromatic carbocycles. The maximum Gasteiger partial charge on any atom is 0.0916 e. The number of aliphatic hydroxyl groups is 1. The van der Waals surface area contributed by atoms with Crippen LogP contribution in [0.15, 0.2) is 0 Å². The zero-order valence-electron chi connectivity index (χ0n) is 11.1. The summed E-state index contributed by atoms with van der Waals surface area (Å²) in [4.78, 5) is 0. The summed E-state index contributed by atoms with van der Waals surface area (Å²) in [5.41, 5.74) is -1.72. The number of ether oxygens (including phenoxy) is 1. The highest BCUT2D eigenvalue weighted by Crippen LogP contribution is 2.42. The summed E-state index contributed by atoms with van der Waals surface area (Å²) in [6, 6.07) is 0. The topological polar surface area (TPSA) is 52.9 Å². The van der Waals surface area contributed by atoms with Crippen molar-refractivity contribution in [3.8, 4) is 0 Å². The van der Waals surface area contributed by atoms with Gasteiger partial charge in [0.05, 0.1) is 12.2 Å². The third kappa shape index (κ3) is 2.74. The van der Waals surface area contributed by atoms with Crippen LogP contribution in [0.2, 0.25) is 0 Å². The Morgan fingerprint density at radius 2 is 1.56 bits per heavy atom. The van der Waals surface area contributed by atoms with Gasteiger partial charge in [-0.25, -0.2) is 0 Å². The average Bonchev–Trinajstić information content (AvgIpc) is 2.10. The molecule has 0 aromatic heterocycles. The number of hydrogen-bond donors (Lipinski definition) is 2. The van der Waals surface area contributed by atoms with Gasteiger partial charge >= 0.3 is 0 Å². The van der Waals surface area contributed by atoms with E-state index in [1.165, 1.54) is 5.06 Å². The van der Waals surface area contributed by atoms with Crippen molar-refractivity contribution in [3.63, 3.8) is 0 Å². The number of piperidine rings is 1. The van der Waals surface area contributed by atoms with Gasteiger partial charge in [-0.3, -0.25) is 0 Å². The summed E-state index contributed by atoms with van der Waals surface area (Å²) in [7, 11) is 0. The molecule has 1 fully saturated rings. The summed E-state index contributed by atoms with van der Waals surface area (Å²) in [6.45, 7) is 10.6.